The maximum atomic E-state index is 12.7. The van der Waals surface area contributed by atoms with E-state index in [9.17, 15) is 9.90 Å². The molecule has 8 nitrogen and oxygen atoms in total. The molecule has 0 bridgehead atoms. The number of amides is 1. The molecule has 1 heterocycles. The number of benzene rings is 2. The predicted octanol–water partition coefficient (Wildman–Crippen LogP) is 2.16. The van der Waals surface area contributed by atoms with E-state index in [0.717, 1.165) is 11.8 Å². The minimum atomic E-state index is -0.604. The third-order valence-electron chi connectivity index (χ3n) is 3.90. The van der Waals surface area contributed by atoms with Crippen molar-refractivity contribution in [2.45, 2.75) is 17.2 Å². The van der Waals surface area contributed by atoms with Crippen molar-refractivity contribution in [1.82, 2.24) is 5.27 Å². The number of hydrogen-bond acceptors (Lipinski definition) is 7. The van der Waals surface area contributed by atoms with Gasteiger partial charge in [0.1, 0.15) is 11.5 Å². The quantitative estimate of drug-likeness (QED) is 0.478. The Hall–Kier alpha value is -3.20. The van der Waals surface area contributed by atoms with E-state index in [4.69, 9.17) is 14.0 Å². The molecule has 28 heavy (non-hydrogen) atoms. The van der Waals surface area contributed by atoms with Crippen molar-refractivity contribution < 1.29 is 28.6 Å². The normalized spacial score (nSPS) is 11.7. The van der Waals surface area contributed by atoms with Gasteiger partial charge in [-0.1, -0.05) is 18.2 Å². The van der Waals surface area contributed by atoms with E-state index in [1.54, 1.807) is 37.3 Å². The average Bonchev–Trinajstić information content (AvgIpc) is 3.08. The summed E-state index contributed by atoms with van der Waals surface area (Å²) in [5, 5.41) is 18.3. The predicted molar refractivity (Wildman–Crippen MR) is 101 cm³/mol. The molecule has 9 heteroatoms. The first-order valence-electron chi connectivity index (χ1n) is 8.37. The summed E-state index contributed by atoms with van der Waals surface area (Å²) in [7, 11) is 3.05. The van der Waals surface area contributed by atoms with Gasteiger partial charge >= 0.3 is 0 Å². The molecule has 1 amide bonds. The van der Waals surface area contributed by atoms with Gasteiger partial charge in [-0.15, -0.1) is 0 Å². The number of nitrogens with one attached hydrogen (secondary N) is 1. The molecule has 1 atom stereocenters. The number of hydrogen-bond donors (Lipinski definition) is 1. The molecule has 0 spiro atoms. The summed E-state index contributed by atoms with van der Waals surface area (Å²) in [5.74, 6) is 0.170. The van der Waals surface area contributed by atoms with E-state index in [1.165, 1.54) is 18.9 Å². The van der Waals surface area contributed by atoms with Crippen LogP contribution in [0, 0.1) is 0 Å². The number of carbonyl (C=O) groups is 1. The van der Waals surface area contributed by atoms with Crippen LogP contribution in [0.2, 0.25) is 0 Å². The lowest BCUT2D eigenvalue weighted by atomic mass is 10.2. The Morgan fingerprint density at radius 1 is 1.21 bits per heavy atom. The van der Waals surface area contributed by atoms with Crippen LogP contribution in [0.3, 0.4) is 0 Å². The second-order valence-corrected chi connectivity index (χ2v) is 7.06. The molecule has 0 aliphatic rings. The highest BCUT2D eigenvalue weighted by molar-refractivity contribution is 8.00. The van der Waals surface area contributed by atoms with Crippen molar-refractivity contribution in [3.63, 3.8) is 0 Å². The van der Waals surface area contributed by atoms with Crippen molar-refractivity contribution in [3.8, 4) is 23.1 Å². The van der Waals surface area contributed by atoms with E-state index >= 15 is 0 Å². The Bertz CT molecular complexity index is 961. The van der Waals surface area contributed by atoms with Gasteiger partial charge in [0.15, 0.2) is 5.95 Å². The number of carbonyl (C=O) groups excluding carboxylic acids is 1. The molecule has 0 fully saturated rings. The van der Waals surface area contributed by atoms with Crippen molar-refractivity contribution in [2.24, 2.45) is 0 Å². The van der Waals surface area contributed by atoms with E-state index in [0.29, 0.717) is 22.9 Å². The lowest BCUT2D eigenvalue weighted by molar-refractivity contribution is -0.705. The summed E-state index contributed by atoms with van der Waals surface area (Å²) < 4.78 is 16.6. The van der Waals surface area contributed by atoms with Gasteiger partial charge in [-0.05, 0) is 35.5 Å². The molecule has 0 aliphatic carbocycles. The zero-order valence-corrected chi connectivity index (χ0v) is 16.4. The first kappa shape index (κ1) is 19.6. The van der Waals surface area contributed by atoms with Gasteiger partial charge in [0.05, 0.1) is 30.4 Å². The summed E-state index contributed by atoms with van der Waals surface area (Å²) >= 11 is 1.06. The number of rotatable bonds is 7. The van der Waals surface area contributed by atoms with Crippen LogP contribution in [-0.2, 0) is 4.79 Å². The first-order chi connectivity index (χ1) is 13.5. The number of ether oxygens (including phenoxy) is 2. The fourth-order valence-corrected chi connectivity index (χ4v) is 3.31. The van der Waals surface area contributed by atoms with Crippen LogP contribution in [0.1, 0.15) is 6.92 Å². The van der Waals surface area contributed by atoms with Crippen LogP contribution in [0.4, 0.5) is 5.69 Å². The number of para-hydroxylation sites is 1. The van der Waals surface area contributed by atoms with Gasteiger partial charge in [0.25, 0.3) is 5.03 Å². The summed E-state index contributed by atoms with van der Waals surface area (Å²) in [6.07, 6.45) is 0. The lowest BCUT2D eigenvalue weighted by Gasteiger charge is -2.14. The zero-order chi connectivity index (χ0) is 20.1. The summed E-state index contributed by atoms with van der Waals surface area (Å²) in [5.41, 5.74) is 1.14. The zero-order valence-electron chi connectivity index (χ0n) is 15.5. The Morgan fingerprint density at radius 2 is 1.96 bits per heavy atom. The molecular formula is C19H19N3O5S. The Morgan fingerprint density at radius 3 is 2.64 bits per heavy atom. The van der Waals surface area contributed by atoms with Crippen LogP contribution >= 0.6 is 11.8 Å². The standard InChI is InChI=1S/C19H19N3O5S/c1-12(17(23)20-15-11-14(25-2)9-10-16(15)26-3)28-18-19(24)27-21-22(18)13-7-5-4-6-8-13/h4-12H,1-3H3,(H-,20,21,23,24). The SMILES string of the molecule is COc1ccc(OC)c(NC(=O)C(C)Sc2c([O-])on[n+]2-c2ccccc2)c1. The number of anilines is 1. The smallest absolute Gasteiger partial charge is 0.298 e. The van der Waals surface area contributed by atoms with Crippen molar-refractivity contribution in [3.05, 3.63) is 48.5 Å². The van der Waals surface area contributed by atoms with Crippen molar-refractivity contribution in [2.75, 3.05) is 19.5 Å². The maximum Gasteiger partial charge on any atom is 0.298 e. The second kappa shape index (κ2) is 8.66. The van der Waals surface area contributed by atoms with Gasteiger partial charge in [0, 0.05) is 18.2 Å². The molecule has 3 rings (SSSR count). The van der Waals surface area contributed by atoms with Crippen molar-refractivity contribution in [1.29, 1.82) is 0 Å². The highest BCUT2D eigenvalue weighted by Crippen LogP contribution is 2.31. The summed E-state index contributed by atoms with van der Waals surface area (Å²) in [6.45, 7) is 1.69. The van der Waals surface area contributed by atoms with Crippen LogP contribution in [0.25, 0.3) is 5.69 Å². The molecule has 0 saturated carbocycles. The fraction of sp³-hybridized carbons (Fsp3) is 0.211. The largest absolute Gasteiger partial charge is 0.538 e. The molecular weight excluding hydrogens is 382 g/mol. The maximum absolute atomic E-state index is 12.7. The molecule has 0 aliphatic heterocycles. The molecule has 0 saturated heterocycles. The molecule has 1 aromatic heterocycles. The Balaban J connectivity index is 1.78. The van der Waals surface area contributed by atoms with E-state index in [-0.39, 0.29) is 10.9 Å². The van der Waals surface area contributed by atoms with Crippen LogP contribution in [0.15, 0.2) is 58.1 Å². The topological polar surface area (TPSA) is 101 Å². The van der Waals surface area contributed by atoms with Gasteiger partial charge in [-0.3, -0.25) is 4.79 Å². The number of methoxy groups -OCH3 is 2. The third-order valence-corrected chi connectivity index (χ3v) is 5.03. The number of nitrogens with zero attached hydrogens (tertiary/aromatic N) is 2. The average molecular weight is 401 g/mol. The van der Waals surface area contributed by atoms with Gasteiger partial charge < -0.3 is 24.4 Å². The fourth-order valence-electron chi connectivity index (χ4n) is 2.44. The molecule has 1 unspecified atom stereocenters. The molecule has 0 radical (unpaired) electrons. The van der Waals surface area contributed by atoms with E-state index in [1.807, 2.05) is 18.2 Å². The van der Waals surface area contributed by atoms with E-state index in [2.05, 4.69) is 10.6 Å². The van der Waals surface area contributed by atoms with E-state index < -0.39 is 11.2 Å². The van der Waals surface area contributed by atoms with Crippen LogP contribution in [-0.4, -0.2) is 30.6 Å². The second-order valence-electron chi connectivity index (χ2n) is 5.73. The highest BCUT2D eigenvalue weighted by Gasteiger charge is 2.27. The first-order valence-corrected chi connectivity index (χ1v) is 9.25. The summed E-state index contributed by atoms with van der Waals surface area (Å²) in [6, 6.07) is 14.2. The van der Waals surface area contributed by atoms with Gasteiger partial charge in [-0.25, -0.2) is 0 Å². The lowest BCUT2D eigenvalue weighted by Crippen LogP contribution is -2.36. The van der Waals surface area contributed by atoms with Crippen LogP contribution < -0.4 is 24.6 Å². The minimum Gasteiger partial charge on any atom is -0.538 e. The minimum absolute atomic E-state index is 0.214. The Labute approximate surface area is 166 Å². The summed E-state index contributed by atoms with van der Waals surface area (Å²) in [4.78, 5) is 12.7. The van der Waals surface area contributed by atoms with Gasteiger partial charge in [-0.2, -0.15) is 0 Å². The molecule has 1 N–H and O–H groups in total. The third kappa shape index (κ3) is 4.20. The van der Waals surface area contributed by atoms with Gasteiger partial charge in [0.2, 0.25) is 11.6 Å². The number of thioether (sulfide) groups is 1. The molecule has 3 aromatic rings. The van der Waals surface area contributed by atoms with Crippen molar-refractivity contribution >= 4 is 23.4 Å². The van der Waals surface area contributed by atoms with Crippen LogP contribution in [0.5, 0.6) is 17.4 Å². The monoisotopic (exact) mass is 401 g/mol. The Kier molecular flexibility index (Phi) is 6.05. The molecule has 146 valence electrons. The highest BCUT2D eigenvalue weighted by atomic mass is 32.2. The molecule has 2 aromatic carbocycles. The number of aromatic nitrogens is 2.